The molecule has 72 valence electrons. The van der Waals surface area contributed by atoms with Crippen LogP contribution in [-0.2, 0) is 6.30 Å². The third-order valence-electron chi connectivity index (χ3n) is 1.39. The minimum atomic E-state index is -4.79. The summed E-state index contributed by atoms with van der Waals surface area (Å²) in [5, 5.41) is 11.4. The molecule has 0 aliphatic rings. The molecule has 1 heterocycles. The third-order valence-corrected chi connectivity index (χ3v) is 1.39. The van der Waals surface area contributed by atoms with E-state index in [0.29, 0.717) is 0 Å². The average molecular weight is 194 g/mol. The van der Waals surface area contributed by atoms with E-state index in [4.69, 9.17) is 5.11 Å². The lowest BCUT2D eigenvalue weighted by Gasteiger charge is -2.07. The maximum atomic E-state index is 12.1. The number of rotatable bonds is 1. The molecule has 0 aliphatic heterocycles. The molecule has 1 aromatic rings. The average Bonchev–Trinajstić information content (AvgIpc) is 2.28. The molecule has 0 atom stereocenters. The van der Waals surface area contributed by atoms with Gasteiger partial charge in [0, 0.05) is 5.56 Å². The highest BCUT2D eigenvalue weighted by Gasteiger charge is 2.36. The van der Waals surface area contributed by atoms with E-state index < -0.39 is 22.6 Å². The number of aromatic nitrogens is 2. The van der Waals surface area contributed by atoms with Crippen LogP contribution in [0.5, 0.6) is 0 Å². The number of nitrogens with zero attached hydrogens (tertiary/aromatic N) is 2. The van der Waals surface area contributed by atoms with Crippen LogP contribution in [0.25, 0.3) is 0 Å². The van der Waals surface area contributed by atoms with Crippen molar-refractivity contribution in [2.75, 3.05) is 0 Å². The number of aryl methyl sites for hydroxylation is 1. The van der Waals surface area contributed by atoms with Crippen molar-refractivity contribution in [3.63, 3.8) is 0 Å². The Morgan fingerprint density at radius 1 is 1.62 bits per heavy atom. The Morgan fingerprint density at radius 3 is 2.46 bits per heavy atom. The highest BCUT2D eigenvalue weighted by molar-refractivity contribution is 5.87. The Labute approximate surface area is 70.6 Å². The van der Waals surface area contributed by atoms with Gasteiger partial charge in [-0.05, 0) is 6.92 Å². The van der Waals surface area contributed by atoms with Crippen LogP contribution < -0.4 is 0 Å². The van der Waals surface area contributed by atoms with Gasteiger partial charge < -0.3 is 5.11 Å². The highest BCUT2D eigenvalue weighted by atomic mass is 19.4. The number of carbonyl (C=O) groups is 1. The molecule has 1 aromatic heterocycles. The van der Waals surface area contributed by atoms with E-state index in [0.717, 1.165) is 6.20 Å². The van der Waals surface area contributed by atoms with Gasteiger partial charge >= 0.3 is 12.3 Å². The quantitative estimate of drug-likeness (QED) is 0.734. The minimum absolute atomic E-state index is 0.0233. The summed E-state index contributed by atoms with van der Waals surface area (Å²) in [6.45, 7) is 1.25. The monoisotopic (exact) mass is 194 g/mol. The lowest BCUT2D eigenvalue weighted by molar-refractivity contribution is -0.213. The van der Waals surface area contributed by atoms with Crippen LogP contribution >= 0.6 is 0 Å². The smallest absolute Gasteiger partial charge is 0.477 e. The molecule has 0 saturated heterocycles. The number of halogens is 3. The van der Waals surface area contributed by atoms with Gasteiger partial charge in [-0.2, -0.15) is 9.78 Å². The van der Waals surface area contributed by atoms with Crippen LogP contribution in [0.2, 0.25) is 0 Å². The first-order chi connectivity index (χ1) is 5.84. The maximum absolute atomic E-state index is 12.1. The molecule has 0 fully saturated rings. The summed E-state index contributed by atoms with van der Waals surface area (Å²) in [6, 6.07) is 0. The first-order valence-electron chi connectivity index (χ1n) is 3.19. The second-order valence-electron chi connectivity index (χ2n) is 2.36. The van der Waals surface area contributed by atoms with Crippen LogP contribution in [0.3, 0.4) is 0 Å². The van der Waals surface area contributed by atoms with E-state index in [-0.39, 0.29) is 5.56 Å². The predicted molar refractivity (Wildman–Crippen MR) is 35.2 cm³/mol. The first kappa shape index (κ1) is 9.56. The standard InChI is InChI=1S/C6H5F3N2O2/c1-3-2-10-11(6(7,8)9)4(3)5(12)13/h2H,1H3,(H,12,13). The molecule has 7 heteroatoms. The van der Waals surface area contributed by atoms with E-state index in [9.17, 15) is 18.0 Å². The topological polar surface area (TPSA) is 55.1 Å². The second-order valence-corrected chi connectivity index (χ2v) is 2.36. The minimum Gasteiger partial charge on any atom is -0.477 e. The largest absolute Gasteiger partial charge is 0.505 e. The van der Waals surface area contributed by atoms with Crippen molar-refractivity contribution in [3.05, 3.63) is 17.5 Å². The fraction of sp³-hybridized carbons (Fsp3) is 0.333. The number of carboxylic acids is 1. The van der Waals surface area contributed by atoms with Gasteiger partial charge in [0.1, 0.15) is 0 Å². The van der Waals surface area contributed by atoms with Crippen molar-refractivity contribution < 1.29 is 23.1 Å². The van der Waals surface area contributed by atoms with Crippen molar-refractivity contribution in [2.24, 2.45) is 0 Å². The molecule has 0 aliphatic carbocycles. The molecule has 13 heavy (non-hydrogen) atoms. The molecule has 0 radical (unpaired) electrons. The van der Waals surface area contributed by atoms with E-state index >= 15 is 0 Å². The van der Waals surface area contributed by atoms with Crippen molar-refractivity contribution in [1.82, 2.24) is 9.78 Å². The van der Waals surface area contributed by atoms with E-state index in [1.54, 1.807) is 0 Å². The lowest BCUT2D eigenvalue weighted by atomic mass is 10.3. The zero-order chi connectivity index (χ0) is 10.2. The van der Waals surface area contributed by atoms with Crippen molar-refractivity contribution in [1.29, 1.82) is 0 Å². The highest BCUT2D eigenvalue weighted by Crippen LogP contribution is 2.24. The van der Waals surface area contributed by atoms with Gasteiger partial charge in [-0.1, -0.05) is 0 Å². The zero-order valence-corrected chi connectivity index (χ0v) is 6.46. The van der Waals surface area contributed by atoms with Gasteiger partial charge in [0.05, 0.1) is 6.20 Å². The Kier molecular flexibility index (Phi) is 2.02. The number of hydrogen-bond acceptors (Lipinski definition) is 2. The predicted octanol–water partition coefficient (Wildman–Crippen LogP) is 1.37. The molecule has 1 rings (SSSR count). The molecular weight excluding hydrogens is 189 g/mol. The first-order valence-corrected chi connectivity index (χ1v) is 3.19. The molecule has 1 N–H and O–H groups in total. The Morgan fingerprint density at radius 2 is 2.15 bits per heavy atom. The molecule has 0 spiro atoms. The lowest BCUT2D eigenvalue weighted by Crippen LogP contribution is -2.23. The number of aromatic carboxylic acids is 1. The van der Waals surface area contributed by atoms with Gasteiger partial charge in [0.15, 0.2) is 5.69 Å². The van der Waals surface area contributed by atoms with Gasteiger partial charge in [-0.3, -0.25) is 0 Å². The van der Waals surface area contributed by atoms with E-state index in [1.807, 2.05) is 0 Å². The fourth-order valence-electron chi connectivity index (χ4n) is 0.882. The van der Waals surface area contributed by atoms with Crippen molar-refractivity contribution in [2.45, 2.75) is 13.2 Å². The fourth-order valence-corrected chi connectivity index (χ4v) is 0.882. The summed E-state index contributed by atoms with van der Waals surface area (Å²) in [5.74, 6) is -1.65. The summed E-state index contributed by atoms with van der Waals surface area (Å²) < 4.78 is 35.7. The second kappa shape index (κ2) is 2.75. The summed E-state index contributed by atoms with van der Waals surface area (Å²) in [4.78, 5) is 10.4. The van der Waals surface area contributed by atoms with Crippen LogP contribution in [-0.4, -0.2) is 20.9 Å². The molecule has 0 aromatic carbocycles. The Hall–Kier alpha value is -1.53. The SMILES string of the molecule is Cc1cnn(C(F)(F)F)c1C(=O)O. The van der Waals surface area contributed by atoms with Gasteiger partial charge in [-0.25, -0.2) is 4.79 Å². The number of carboxylic acid groups (broad SMARTS) is 1. The van der Waals surface area contributed by atoms with E-state index in [2.05, 4.69) is 5.10 Å². The van der Waals surface area contributed by atoms with Crippen LogP contribution in [0.4, 0.5) is 13.2 Å². The summed E-state index contributed by atoms with van der Waals surface area (Å²) in [5.41, 5.74) is -0.877. The number of alkyl halides is 3. The normalized spacial score (nSPS) is 11.7. The van der Waals surface area contributed by atoms with Gasteiger partial charge in [-0.15, -0.1) is 13.2 Å². The molecular formula is C6H5F3N2O2. The third kappa shape index (κ3) is 1.63. The van der Waals surface area contributed by atoms with Gasteiger partial charge in [0.2, 0.25) is 0 Å². The molecule has 0 saturated carbocycles. The Bertz CT molecular complexity index is 342. The maximum Gasteiger partial charge on any atom is 0.505 e. The molecule has 4 nitrogen and oxygen atoms in total. The summed E-state index contributed by atoms with van der Waals surface area (Å²) in [6.07, 6.45) is -3.93. The number of hydrogen-bond donors (Lipinski definition) is 1. The Balaban J connectivity index is 3.31. The summed E-state index contributed by atoms with van der Waals surface area (Å²) >= 11 is 0. The van der Waals surface area contributed by atoms with Crippen LogP contribution in [0.15, 0.2) is 6.20 Å². The van der Waals surface area contributed by atoms with Crippen LogP contribution in [0.1, 0.15) is 16.1 Å². The van der Waals surface area contributed by atoms with E-state index in [1.165, 1.54) is 6.92 Å². The molecule has 0 bridgehead atoms. The van der Waals surface area contributed by atoms with Crippen molar-refractivity contribution in [3.8, 4) is 0 Å². The van der Waals surface area contributed by atoms with Gasteiger partial charge in [0.25, 0.3) is 0 Å². The van der Waals surface area contributed by atoms with Crippen molar-refractivity contribution >= 4 is 5.97 Å². The van der Waals surface area contributed by atoms with Crippen LogP contribution in [0, 0.1) is 6.92 Å². The zero-order valence-electron chi connectivity index (χ0n) is 6.46. The molecule has 0 unspecified atom stereocenters. The summed E-state index contributed by atoms with van der Waals surface area (Å²) in [7, 11) is 0. The molecule has 0 amide bonds.